The smallest absolute Gasteiger partial charge is 0.422 e. The summed E-state index contributed by atoms with van der Waals surface area (Å²) in [5.41, 5.74) is 0.827. The number of nitrogens with zero attached hydrogens (tertiary/aromatic N) is 1. The van der Waals surface area contributed by atoms with Gasteiger partial charge in [-0.2, -0.15) is 24.9 Å². The number of halogens is 4. The van der Waals surface area contributed by atoms with Crippen LogP contribution in [0.5, 0.6) is 11.5 Å². The summed E-state index contributed by atoms with van der Waals surface area (Å²) < 4.78 is 46.8. The zero-order valence-corrected chi connectivity index (χ0v) is 19.2. The standard InChI is InChI=1S/C17H26F3N3O2S.HI/c1-16(2,26-5)10-23-15(21-3)22-9-12-6-7-13(14(8-12)24-4)25-11-17(18,19)20;/h6-8H,9-11H2,1-5H3,(H2,21,22,23);1H. The molecule has 2 N–H and O–H groups in total. The number of alkyl halides is 3. The second-order valence-corrected chi connectivity index (χ2v) is 7.65. The second-order valence-electron chi connectivity index (χ2n) is 6.13. The van der Waals surface area contributed by atoms with Crippen molar-refractivity contribution in [3.05, 3.63) is 23.8 Å². The number of aliphatic imine (C=N–C) groups is 1. The SMILES string of the molecule is CN=C(NCc1ccc(OCC(F)(F)F)c(OC)c1)NCC(C)(C)SC.I. The van der Waals surface area contributed by atoms with Crippen LogP contribution in [0.25, 0.3) is 0 Å². The molecule has 0 amide bonds. The van der Waals surface area contributed by atoms with Gasteiger partial charge >= 0.3 is 6.18 Å². The number of guanidine groups is 1. The van der Waals surface area contributed by atoms with Crippen LogP contribution in [-0.2, 0) is 6.54 Å². The fraction of sp³-hybridized carbons (Fsp3) is 0.588. The Morgan fingerprint density at radius 2 is 1.85 bits per heavy atom. The Labute approximate surface area is 179 Å². The van der Waals surface area contributed by atoms with Crippen LogP contribution in [-0.4, -0.2) is 50.4 Å². The van der Waals surface area contributed by atoms with E-state index in [1.807, 2.05) is 6.26 Å². The Balaban J connectivity index is 0.00000676. The predicted octanol–water partition coefficient (Wildman–Crippen LogP) is 4.06. The van der Waals surface area contributed by atoms with Gasteiger partial charge in [0.25, 0.3) is 0 Å². The van der Waals surface area contributed by atoms with Crippen molar-refractivity contribution in [2.45, 2.75) is 31.3 Å². The minimum absolute atomic E-state index is 0. The number of hydrogen-bond donors (Lipinski definition) is 2. The average Bonchev–Trinajstić information content (AvgIpc) is 2.59. The minimum atomic E-state index is -4.39. The number of ether oxygens (including phenoxy) is 2. The van der Waals surface area contributed by atoms with Crippen molar-refractivity contribution in [3.8, 4) is 11.5 Å². The molecule has 5 nitrogen and oxygen atoms in total. The Kier molecular flexibility index (Phi) is 11.3. The third-order valence-electron chi connectivity index (χ3n) is 3.54. The summed E-state index contributed by atoms with van der Waals surface area (Å²) in [6.45, 7) is 4.07. The van der Waals surface area contributed by atoms with E-state index < -0.39 is 12.8 Å². The zero-order chi connectivity index (χ0) is 19.8. The van der Waals surface area contributed by atoms with Gasteiger partial charge in [0.05, 0.1) is 7.11 Å². The van der Waals surface area contributed by atoms with E-state index in [-0.39, 0.29) is 40.2 Å². The zero-order valence-electron chi connectivity index (χ0n) is 16.1. The van der Waals surface area contributed by atoms with Gasteiger partial charge in [0, 0.05) is 24.9 Å². The lowest BCUT2D eigenvalue weighted by molar-refractivity contribution is -0.153. The second kappa shape index (κ2) is 11.7. The van der Waals surface area contributed by atoms with Crippen molar-refractivity contribution in [3.63, 3.8) is 0 Å². The van der Waals surface area contributed by atoms with Crippen LogP contribution in [0, 0.1) is 0 Å². The fourth-order valence-electron chi connectivity index (χ4n) is 1.88. The first-order valence-electron chi connectivity index (χ1n) is 7.96. The van der Waals surface area contributed by atoms with Crippen LogP contribution in [0.1, 0.15) is 19.4 Å². The Hall–Kier alpha value is -1.04. The van der Waals surface area contributed by atoms with E-state index in [2.05, 4.69) is 29.5 Å². The summed E-state index contributed by atoms with van der Waals surface area (Å²) in [6.07, 6.45) is -2.35. The summed E-state index contributed by atoms with van der Waals surface area (Å²) in [7, 11) is 3.06. The molecular weight excluding hydrogens is 494 g/mol. The topological polar surface area (TPSA) is 54.9 Å². The highest BCUT2D eigenvalue weighted by Crippen LogP contribution is 2.29. The quantitative estimate of drug-likeness (QED) is 0.307. The maximum Gasteiger partial charge on any atom is 0.422 e. The molecule has 27 heavy (non-hydrogen) atoms. The van der Waals surface area contributed by atoms with Gasteiger partial charge in [-0.1, -0.05) is 6.07 Å². The van der Waals surface area contributed by atoms with Gasteiger partial charge in [-0.3, -0.25) is 4.99 Å². The molecule has 0 bridgehead atoms. The first-order chi connectivity index (χ1) is 12.1. The molecule has 0 radical (unpaired) electrons. The molecule has 10 heteroatoms. The highest BCUT2D eigenvalue weighted by molar-refractivity contribution is 14.0. The molecule has 0 aromatic heterocycles. The van der Waals surface area contributed by atoms with Crippen molar-refractivity contribution in [2.75, 3.05) is 33.6 Å². The van der Waals surface area contributed by atoms with E-state index in [0.717, 1.165) is 12.1 Å². The molecule has 0 aliphatic rings. The number of methoxy groups -OCH3 is 1. The number of thioether (sulfide) groups is 1. The molecule has 0 spiro atoms. The number of rotatable bonds is 8. The first-order valence-corrected chi connectivity index (χ1v) is 9.19. The van der Waals surface area contributed by atoms with E-state index in [1.165, 1.54) is 13.2 Å². The van der Waals surface area contributed by atoms with Gasteiger partial charge in [-0.25, -0.2) is 0 Å². The number of hydrogen-bond acceptors (Lipinski definition) is 4. The van der Waals surface area contributed by atoms with Crippen LogP contribution in [0.15, 0.2) is 23.2 Å². The molecule has 0 unspecified atom stereocenters. The molecule has 1 aromatic carbocycles. The largest absolute Gasteiger partial charge is 0.493 e. The Morgan fingerprint density at radius 3 is 2.37 bits per heavy atom. The molecule has 1 aromatic rings. The fourth-order valence-corrected chi connectivity index (χ4v) is 2.09. The predicted molar refractivity (Wildman–Crippen MR) is 116 cm³/mol. The van der Waals surface area contributed by atoms with Crippen LogP contribution >= 0.6 is 35.7 Å². The molecule has 0 aliphatic heterocycles. The van der Waals surface area contributed by atoms with Gasteiger partial charge < -0.3 is 20.1 Å². The molecule has 0 heterocycles. The highest BCUT2D eigenvalue weighted by atomic mass is 127. The summed E-state index contributed by atoms with van der Waals surface area (Å²) in [5.74, 6) is 0.946. The van der Waals surface area contributed by atoms with Gasteiger partial charge in [0.2, 0.25) is 0 Å². The maximum atomic E-state index is 12.3. The van der Waals surface area contributed by atoms with E-state index in [1.54, 1.807) is 30.9 Å². The van der Waals surface area contributed by atoms with Crippen molar-refractivity contribution >= 4 is 41.7 Å². The van der Waals surface area contributed by atoms with Crippen molar-refractivity contribution < 1.29 is 22.6 Å². The number of nitrogens with one attached hydrogen (secondary N) is 2. The van der Waals surface area contributed by atoms with Gasteiger partial charge in [0.1, 0.15) is 0 Å². The lowest BCUT2D eigenvalue weighted by atomic mass is 10.2. The molecule has 1 rings (SSSR count). The summed E-state index contributed by atoms with van der Waals surface area (Å²) in [6, 6.07) is 4.78. The molecule has 0 saturated heterocycles. The number of benzene rings is 1. The van der Waals surface area contributed by atoms with E-state index in [9.17, 15) is 13.2 Å². The molecule has 0 aliphatic carbocycles. The minimum Gasteiger partial charge on any atom is -0.493 e. The summed E-state index contributed by atoms with van der Waals surface area (Å²) in [4.78, 5) is 4.16. The molecule has 0 fully saturated rings. The van der Waals surface area contributed by atoms with Crippen LogP contribution in [0.2, 0.25) is 0 Å². The van der Waals surface area contributed by atoms with E-state index in [0.29, 0.717) is 12.5 Å². The van der Waals surface area contributed by atoms with Crippen molar-refractivity contribution in [1.29, 1.82) is 0 Å². The van der Waals surface area contributed by atoms with Gasteiger partial charge in [-0.15, -0.1) is 24.0 Å². The van der Waals surface area contributed by atoms with Gasteiger partial charge in [0.15, 0.2) is 24.1 Å². The van der Waals surface area contributed by atoms with Crippen LogP contribution in [0.3, 0.4) is 0 Å². The molecule has 156 valence electrons. The highest BCUT2D eigenvalue weighted by Gasteiger charge is 2.29. The van der Waals surface area contributed by atoms with E-state index in [4.69, 9.17) is 9.47 Å². The van der Waals surface area contributed by atoms with Crippen LogP contribution in [0.4, 0.5) is 13.2 Å². The Morgan fingerprint density at radius 1 is 1.19 bits per heavy atom. The van der Waals surface area contributed by atoms with Crippen molar-refractivity contribution in [2.24, 2.45) is 4.99 Å². The third kappa shape index (κ3) is 10.2. The maximum absolute atomic E-state index is 12.3. The lowest BCUT2D eigenvalue weighted by Crippen LogP contribution is -2.42. The van der Waals surface area contributed by atoms with Crippen LogP contribution < -0.4 is 20.1 Å². The first kappa shape index (κ1) is 26.0. The van der Waals surface area contributed by atoms with Crippen molar-refractivity contribution in [1.82, 2.24) is 10.6 Å². The third-order valence-corrected chi connectivity index (χ3v) is 4.79. The summed E-state index contributed by atoms with van der Waals surface area (Å²) in [5, 5.41) is 6.41. The lowest BCUT2D eigenvalue weighted by Gasteiger charge is -2.23. The molecule has 0 atom stereocenters. The molecule has 0 saturated carbocycles. The molecular formula is C17H27F3IN3O2S. The average molecular weight is 521 g/mol. The monoisotopic (exact) mass is 521 g/mol. The Bertz CT molecular complexity index is 614. The van der Waals surface area contributed by atoms with Gasteiger partial charge in [-0.05, 0) is 37.8 Å². The normalized spacial score (nSPS) is 12.2. The van der Waals surface area contributed by atoms with E-state index >= 15 is 0 Å². The summed E-state index contributed by atoms with van der Waals surface area (Å²) >= 11 is 1.75.